The molecule has 1 unspecified atom stereocenters. The van der Waals surface area contributed by atoms with Crippen molar-refractivity contribution < 1.29 is 17.2 Å². The molecule has 1 atom stereocenters. The second-order valence-electron chi connectivity index (χ2n) is 7.64. The van der Waals surface area contributed by atoms with E-state index in [1.54, 1.807) is 43.7 Å². The molecule has 0 spiro atoms. The van der Waals surface area contributed by atoms with Crippen molar-refractivity contribution in [1.29, 1.82) is 0 Å². The van der Waals surface area contributed by atoms with Gasteiger partial charge in [-0.3, -0.25) is 0 Å². The molecule has 0 radical (unpaired) electrons. The van der Waals surface area contributed by atoms with Gasteiger partial charge in [0.1, 0.15) is 0 Å². The van der Waals surface area contributed by atoms with E-state index in [0.29, 0.717) is 29.7 Å². The summed E-state index contributed by atoms with van der Waals surface area (Å²) in [6.45, 7) is 2.27. The van der Waals surface area contributed by atoms with E-state index in [2.05, 4.69) is 30.3 Å². The second-order valence-corrected chi connectivity index (χ2v) is 9.50. The van der Waals surface area contributed by atoms with Crippen molar-refractivity contribution in [3.8, 4) is 0 Å². The molecule has 0 fully saturated rings. The smallest absolute Gasteiger partial charge is 0.339 e. The first kappa shape index (κ1) is 23.5. The van der Waals surface area contributed by atoms with Gasteiger partial charge in [0.2, 0.25) is 16.3 Å². The molecule has 1 aromatic heterocycles. The Labute approximate surface area is 195 Å². The average molecular weight is 488 g/mol. The van der Waals surface area contributed by atoms with E-state index in [1.165, 1.54) is 13.1 Å². The van der Waals surface area contributed by atoms with Crippen LogP contribution in [0.5, 0.6) is 0 Å². The van der Waals surface area contributed by atoms with Gasteiger partial charge in [-0.15, -0.1) is 0 Å². The van der Waals surface area contributed by atoms with Crippen molar-refractivity contribution in [3.63, 3.8) is 0 Å². The molecular weight excluding hydrogens is 464 g/mol. The van der Waals surface area contributed by atoms with Gasteiger partial charge in [0.05, 0.1) is 17.4 Å². The van der Waals surface area contributed by atoms with E-state index >= 15 is 0 Å². The van der Waals surface area contributed by atoms with E-state index in [1.807, 2.05) is 22.9 Å². The summed E-state index contributed by atoms with van der Waals surface area (Å²) in [5.74, 6) is -3.96. The van der Waals surface area contributed by atoms with Gasteiger partial charge in [-0.05, 0) is 49.4 Å². The number of nitrogens with zero attached hydrogens (tertiary/aromatic N) is 4. The highest BCUT2D eigenvalue weighted by Gasteiger charge is 2.38. The molecule has 3 aromatic rings. The number of benzene rings is 2. The van der Waals surface area contributed by atoms with E-state index in [9.17, 15) is 17.2 Å². The number of halogens is 2. The van der Waals surface area contributed by atoms with E-state index in [0.717, 1.165) is 5.56 Å². The summed E-state index contributed by atoms with van der Waals surface area (Å²) in [5.41, 5.74) is 2.34. The van der Waals surface area contributed by atoms with Crippen LogP contribution in [0.2, 0.25) is 0 Å². The number of aromatic nitrogens is 2. The van der Waals surface area contributed by atoms with Crippen molar-refractivity contribution in [2.75, 3.05) is 17.7 Å². The first-order chi connectivity index (χ1) is 16.2. The summed E-state index contributed by atoms with van der Waals surface area (Å²) < 4.78 is 57.5. The molecule has 0 bridgehead atoms. The minimum Gasteiger partial charge on any atom is -0.345 e. The lowest BCUT2D eigenvalue weighted by atomic mass is 10.2. The van der Waals surface area contributed by atoms with Gasteiger partial charge in [0.15, 0.2) is 5.84 Å². The fourth-order valence-electron chi connectivity index (χ4n) is 3.31. The summed E-state index contributed by atoms with van der Waals surface area (Å²) in [4.78, 5) is 11.8. The average Bonchev–Trinajstić information content (AvgIpc) is 3.32. The predicted molar refractivity (Wildman–Crippen MR) is 127 cm³/mol. The normalized spacial score (nSPS) is 17.3. The van der Waals surface area contributed by atoms with Crippen LogP contribution < -0.4 is 15.4 Å². The van der Waals surface area contributed by atoms with Gasteiger partial charge < -0.3 is 15.2 Å². The number of rotatable bonds is 7. The number of aliphatic imine (C=N–C) groups is 2. The Kier molecular flexibility index (Phi) is 6.44. The van der Waals surface area contributed by atoms with Gasteiger partial charge in [-0.2, -0.15) is 8.78 Å². The van der Waals surface area contributed by atoms with Crippen LogP contribution in [-0.4, -0.2) is 49.3 Å². The topological polar surface area (TPSA) is 113 Å². The van der Waals surface area contributed by atoms with Crippen LogP contribution in [-0.2, 0) is 16.6 Å². The first-order valence-corrected chi connectivity index (χ1v) is 11.8. The minimum atomic E-state index is -3.68. The number of sulfonamides is 1. The highest BCUT2D eigenvalue weighted by atomic mass is 32.2. The summed E-state index contributed by atoms with van der Waals surface area (Å²) in [7, 11) is -2.37. The molecule has 2 heterocycles. The zero-order chi connectivity index (χ0) is 24.3. The van der Waals surface area contributed by atoms with Crippen molar-refractivity contribution in [2.45, 2.75) is 30.6 Å². The maximum absolute atomic E-state index is 14.4. The molecule has 0 saturated carbocycles. The summed E-state index contributed by atoms with van der Waals surface area (Å²) in [6.07, 6.45) is 4.67. The molecule has 12 heteroatoms. The molecule has 178 valence electrons. The molecular formula is C22H23F2N7O2S. The fourth-order valence-corrected chi connectivity index (χ4v) is 4.31. The second kappa shape index (κ2) is 9.31. The molecule has 34 heavy (non-hydrogen) atoms. The largest absolute Gasteiger partial charge is 0.345 e. The van der Waals surface area contributed by atoms with Crippen molar-refractivity contribution in [2.24, 2.45) is 9.98 Å². The molecule has 0 amide bonds. The van der Waals surface area contributed by atoms with Crippen LogP contribution in [0.3, 0.4) is 0 Å². The standard InChI is InChI=1S/C22H23F2N7O2S/c1-15-3-6-18(11-19(15)34(32,33)25-2)29-21-27-13-22(23,24)20(30-21)28-17-7-4-16(5-8-17)12-31-10-9-26-14-31/h3-11,13-14,21,25,29H,12H2,1-2H3,(H,28,30). The highest BCUT2D eigenvalue weighted by Crippen LogP contribution is 2.24. The molecule has 1 aliphatic rings. The quantitative estimate of drug-likeness (QED) is 0.474. The van der Waals surface area contributed by atoms with Crippen molar-refractivity contribution in [3.05, 3.63) is 72.3 Å². The predicted octanol–water partition coefficient (Wildman–Crippen LogP) is 3.07. The van der Waals surface area contributed by atoms with Crippen LogP contribution in [0.15, 0.2) is 76.1 Å². The lowest BCUT2D eigenvalue weighted by Gasteiger charge is -2.24. The lowest BCUT2D eigenvalue weighted by Crippen LogP contribution is -2.41. The third kappa shape index (κ3) is 5.29. The maximum atomic E-state index is 14.4. The Bertz CT molecular complexity index is 1320. The van der Waals surface area contributed by atoms with Crippen LogP contribution in [0.1, 0.15) is 11.1 Å². The molecule has 4 rings (SSSR count). The number of amidine groups is 1. The minimum absolute atomic E-state index is 0.0724. The lowest BCUT2D eigenvalue weighted by molar-refractivity contribution is 0.159. The number of aryl methyl sites for hydroxylation is 1. The van der Waals surface area contributed by atoms with Gasteiger partial charge in [0.25, 0.3) is 0 Å². The number of nitrogens with one attached hydrogen (secondary N) is 3. The third-order valence-corrected chi connectivity index (χ3v) is 6.68. The van der Waals surface area contributed by atoms with E-state index in [-0.39, 0.29) is 4.90 Å². The van der Waals surface area contributed by atoms with Crippen LogP contribution in [0.4, 0.5) is 20.2 Å². The van der Waals surface area contributed by atoms with E-state index < -0.39 is 28.1 Å². The summed E-state index contributed by atoms with van der Waals surface area (Å²) in [6, 6.07) is 11.7. The Morgan fingerprint density at radius 3 is 2.53 bits per heavy atom. The molecule has 1 aliphatic heterocycles. The first-order valence-electron chi connectivity index (χ1n) is 10.3. The molecule has 0 aliphatic carbocycles. The number of hydrogen-bond acceptors (Lipinski definition) is 7. The zero-order valence-corrected chi connectivity index (χ0v) is 19.2. The molecule has 0 saturated heterocycles. The Morgan fingerprint density at radius 1 is 1.12 bits per heavy atom. The van der Waals surface area contributed by atoms with Gasteiger partial charge in [-0.25, -0.2) is 28.1 Å². The Hall–Kier alpha value is -3.64. The number of alkyl halides is 2. The van der Waals surface area contributed by atoms with Crippen molar-refractivity contribution in [1.82, 2.24) is 14.3 Å². The Morgan fingerprint density at radius 2 is 1.85 bits per heavy atom. The van der Waals surface area contributed by atoms with Crippen molar-refractivity contribution >= 4 is 33.4 Å². The SMILES string of the molecule is CNS(=O)(=O)c1cc(NC2N=CC(F)(F)C(Nc3ccc(Cn4ccnc4)cc3)=N2)ccc1C. The van der Waals surface area contributed by atoms with Gasteiger partial charge in [-0.1, -0.05) is 18.2 Å². The zero-order valence-electron chi connectivity index (χ0n) is 18.4. The number of hydrogen-bond donors (Lipinski definition) is 3. The van der Waals surface area contributed by atoms with Crippen LogP contribution >= 0.6 is 0 Å². The van der Waals surface area contributed by atoms with Crippen LogP contribution in [0.25, 0.3) is 0 Å². The third-order valence-electron chi connectivity index (χ3n) is 5.13. The highest BCUT2D eigenvalue weighted by molar-refractivity contribution is 7.89. The van der Waals surface area contributed by atoms with E-state index in [4.69, 9.17) is 0 Å². The maximum Gasteiger partial charge on any atom is 0.339 e. The van der Waals surface area contributed by atoms with Gasteiger partial charge in [0, 0.05) is 30.3 Å². The summed E-state index contributed by atoms with van der Waals surface area (Å²) >= 11 is 0. The molecule has 3 N–H and O–H groups in total. The number of imidazole rings is 1. The monoisotopic (exact) mass is 487 g/mol. The van der Waals surface area contributed by atoms with Crippen LogP contribution in [0, 0.1) is 6.92 Å². The fraction of sp³-hybridized carbons (Fsp3) is 0.227. The Balaban J connectivity index is 1.50. The van der Waals surface area contributed by atoms with Gasteiger partial charge >= 0.3 is 5.92 Å². The molecule has 9 nitrogen and oxygen atoms in total. The number of anilines is 2. The summed E-state index contributed by atoms with van der Waals surface area (Å²) in [5, 5.41) is 5.54. The molecule has 2 aromatic carbocycles.